The molecule has 0 fully saturated rings. The second kappa shape index (κ2) is 5.55. The monoisotopic (exact) mass is 190 g/mol. The summed E-state index contributed by atoms with van der Waals surface area (Å²) in [5.41, 5.74) is 3.72. The average molecular weight is 190 g/mol. The Bertz CT molecular complexity index is 312. The minimum Gasteiger partial charge on any atom is -0.308 e. The van der Waals surface area contributed by atoms with Crippen LogP contribution in [-0.2, 0) is 6.54 Å². The number of rotatable bonds is 4. The van der Waals surface area contributed by atoms with Gasteiger partial charge in [-0.05, 0) is 32.4 Å². The van der Waals surface area contributed by atoms with Crippen molar-refractivity contribution in [2.75, 3.05) is 6.54 Å². The van der Waals surface area contributed by atoms with Crippen molar-refractivity contribution in [1.29, 1.82) is 0 Å². The van der Waals surface area contributed by atoms with Crippen molar-refractivity contribution in [3.8, 4) is 0 Å². The largest absolute Gasteiger partial charge is 0.308 e. The molecule has 0 unspecified atom stereocenters. The molecular formula is C12H18N2. The lowest BCUT2D eigenvalue weighted by Crippen LogP contribution is -2.14. The van der Waals surface area contributed by atoms with E-state index in [0.29, 0.717) is 0 Å². The molecule has 0 atom stereocenters. The predicted octanol–water partition coefficient (Wildman–Crippen LogP) is 2.45. The van der Waals surface area contributed by atoms with Gasteiger partial charge in [0.2, 0.25) is 0 Å². The van der Waals surface area contributed by atoms with Crippen LogP contribution in [0.4, 0.5) is 0 Å². The summed E-state index contributed by atoms with van der Waals surface area (Å²) >= 11 is 0. The van der Waals surface area contributed by atoms with Gasteiger partial charge >= 0.3 is 0 Å². The van der Waals surface area contributed by atoms with Gasteiger partial charge in [0.25, 0.3) is 0 Å². The summed E-state index contributed by atoms with van der Waals surface area (Å²) in [4.78, 5) is 4.31. The highest BCUT2D eigenvalue weighted by Crippen LogP contribution is 2.01. The zero-order chi connectivity index (χ0) is 10.4. The molecule has 0 aromatic carbocycles. The highest BCUT2D eigenvalue weighted by atomic mass is 14.9. The number of nitrogens with zero attached hydrogens (tertiary/aromatic N) is 1. The molecule has 0 radical (unpaired) electrons. The molecule has 0 saturated heterocycles. The topological polar surface area (TPSA) is 24.9 Å². The van der Waals surface area contributed by atoms with E-state index in [9.17, 15) is 0 Å². The minimum atomic E-state index is 0.844. The van der Waals surface area contributed by atoms with Gasteiger partial charge in [0.15, 0.2) is 0 Å². The number of pyridine rings is 1. The normalized spacial score (nSPS) is 9.93. The van der Waals surface area contributed by atoms with Gasteiger partial charge in [-0.15, -0.1) is 0 Å². The first kappa shape index (κ1) is 10.9. The maximum absolute atomic E-state index is 4.31. The van der Waals surface area contributed by atoms with Crippen LogP contribution >= 0.6 is 0 Å². The molecule has 1 aromatic rings. The molecule has 2 heteroatoms. The molecule has 0 spiro atoms. The molecule has 0 amide bonds. The fourth-order valence-corrected chi connectivity index (χ4v) is 1.17. The van der Waals surface area contributed by atoms with Gasteiger partial charge in [-0.2, -0.15) is 0 Å². The molecule has 0 aliphatic rings. The quantitative estimate of drug-likeness (QED) is 0.582. The summed E-state index contributed by atoms with van der Waals surface area (Å²) in [7, 11) is 0. The molecule has 0 aliphatic heterocycles. The third-order valence-corrected chi connectivity index (χ3v) is 2.06. The van der Waals surface area contributed by atoms with Crippen molar-refractivity contribution in [1.82, 2.24) is 10.3 Å². The van der Waals surface area contributed by atoms with E-state index >= 15 is 0 Å². The number of aromatic nitrogens is 1. The molecule has 0 saturated carbocycles. The summed E-state index contributed by atoms with van der Waals surface area (Å²) in [5, 5.41) is 3.33. The molecule has 76 valence electrons. The Labute approximate surface area is 86.1 Å². The van der Waals surface area contributed by atoms with Gasteiger partial charge in [0.1, 0.15) is 0 Å². The fourth-order valence-electron chi connectivity index (χ4n) is 1.17. The molecule has 1 aromatic heterocycles. The van der Waals surface area contributed by atoms with E-state index in [1.165, 1.54) is 11.1 Å². The SMILES string of the molecule is CC(C)=CCNCc1ncccc1C. The molecule has 1 N–H and O–H groups in total. The zero-order valence-corrected chi connectivity index (χ0v) is 9.17. The maximum Gasteiger partial charge on any atom is 0.0570 e. The van der Waals surface area contributed by atoms with Crippen LogP contribution < -0.4 is 5.32 Å². The maximum atomic E-state index is 4.31. The van der Waals surface area contributed by atoms with Crippen LogP contribution in [0.1, 0.15) is 25.1 Å². The Morgan fingerprint density at radius 2 is 2.29 bits per heavy atom. The van der Waals surface area contributed by atoms with Gasteiger partial charge in [-0.25, -0.2) is 0 Å². The third kappa shape index (κ3) is 3.71. The van der Waals surface area contributed by atoms with Crippen molar-refractivity contribution in [3.63, 3.8) is 0 Å². The smallest absolute Gasteiger partial charge is 0.0570 e. The Morgan fingerprint density at radius 1 is 1.50 bits per heavy atom. The van der Waals surface area contributed by atoms with Gasteiger partial charge in [0.05, 0.1) is 5.69 Å². The van der Waals surface area contributed by atoms with Gasteiger partial charge in [-0.3, -0.25) is 4.98 Å². The van der Waals surface area contributed by atoms with Crippen molar-refractivity contribution >= 4 is 0 Å². The number of nitrogens with one attached hydrogen (secondary N) is 1. The molecular weight excluding hydrogens is 172 g/mol. The summed E-state index contributed by atoms with van der Waals surface area (Å²) in [6, 6.07) is 4.06. The Morgan fingerprint density at radius 3 is 2.93 bits per heavy atom. The Hall–Kier alpha value is -1.15. The first-order valence-electron chi connectivity index (χ1n) is 4.94. The highest BCUT2D eigenvalue weighted by Gasteiger charge is 1.95. The highest BCUT2D eigenvalue weighted by molar-refractivity contribution is 5.17. The lowest BCUT2D eigenvalue weighted by Gasteiger charge is -2.04. The van der Waals surface area contributed by atoms with Crippen LogP contribution in [0.5, 0.6) is 0 Å². The van der Waals surface area contributed by atoms with Crippen molar-refractivity contribution < 1.29 is 0 Å². The molecule has 0 aliphatic carbocycles. The van der Waals surface area contributed by atoms with Gasteiger partial charge < -0.3 is 5.32 Å². The lowest BCUT2D eigenvalue weighted by molar-refractivity contribution is 0.733. The number of hydrogen-bond acceptors (Lipinski definition) is 2. The zero-order valence-electron chi connectivity index (χ0n) is 9.17. The fraction of sp³-hybridized carbons (Fsp3) is 0.417. The van der Waals surface area contributed by atoms with Crippen LogP contribution in [-0.4, -0.2) is 11.5 Å². The van der Waals surface area contributed by atoms with E-state index in [-0.39, 0.29) is 0 Å². The van der Waals surface area contributed by atoms with Crippen molar-refractivity contribution in [3.05, 3.63) is 41.2 Å². The second-order valence-electron chi connectivity index (χ2n) is 3.68. The van der Waals surface area contributed by atoms with Gasteiger partial charge in [0, 0.05) is 19.3 Å². The summed E-state index contributed by atoms with van der Waals surface area (Å²) in [6.45, 7) is 8.06. The first-order valence-corrected chi connectivity index (χ1v) is 4.94. The molecule has 1 heterocycles. The van der Waals surface area contributed by atoms with E-state index in [0.717, 1.165) is 18.8 Å². The summed E-state index contributed by atoms with van der Waals surface area (Å²) < 4.78 is 0. The number of aryl methyl sites for hydroxylation is 1. The van der Waals surface area contributed by atoms with Crippen LogP contribution in [0, 0.1) is 6.92 Å². The third-order valence-electron chi connectivity index (χ3n) is 2.06. The Balaban J connectivity index is 2.39. The molecule has 0 bridgehead atoms. The number of hydrogen-bond donors (Lipinski definition) is 1. The van der Waals surface area contributed by atoms with Crippen molar-refractivity contribution in [2.45, 2.75) is 27.3 Å². The number of allylic oxidation sites excluding steroid dienone is 1. The standard InChI is InChI=1S/C12H18N2/c1-10(2)6-8-13-9-12-11(3)5-4-7-14-12/h4-7,13H,8-9H2,1-3H3. The van der Waals surface area contributed by atoms with Crippen LogP contribution in [0.25, 0.3) is 0 Å². The second-order valence-corrected chi connectivity index (χ2v) is 3.68. The van der Waals surface area contributed by atoms with E-state index in [2.05, 4.69) is 43.2 Å². The molecule has 1 rings (SSSR count). The van der Waals surface area contributed by atoms with E-state index in [1.54, 1.807) is 0 Å². The molecule has 2 nitrogen and oxygen atoms in total. The van der Waals surface area contributed by atoms with Crippen LogP contribution in [0.2, 0.25) is 0 Å². The summed E-state index contributed by atoms with van der Waals surface area (Å²) in [5.74, 6) is 0. The van der Waals surface area contributed by atoms with Crippen LogP contribution in [0.3, 0.4) is 0 Å². The minimum absolute atomic E-state index is 0.844. The first-order chi connectivity index (χ1) is 6.70. The predicted molar refractivity (Wildman–Crippen MR) is 60.1 cm³/mol. The Kier molecular flexibility index (Phi) is 4.33. The van der Waals surface area contributed by atoms with Crippen molar-refractivity contribution in [2.24, 2.45) is 0 Å². The molecule has 14 heavy (non-hydrogen) atoms. The average Bonchev–Trinajstić information content (AvgIpc) is 2.15. The van der Waals surface area contributed by atoms with Gasteiger partial charge in [-0.1, -0.05) is 17.7 Å². The van der Waals surface area contributed by atoms with E-state index in [4.69, 9.17) is 0 Å². The van der Waals surface area contributed by atoms with Crippen LogP contribution in [0.15, 0.2) is 30.0 Å². The van der Waals surface area contributed by atoms with E-state index < -0.39 is 0 Å². The van der Waals surface area contributed by atoms with E-state index in [1.807, 2.05) is 12.3 Å². The summed E-state index contributed by atoms with van der Waals surface area (Å²) in [6.07, 6.45) is 4.02. The lowest BCUT2D eigenvalue weighted by atomic mass is 10.2.